The van der Waals surface area contributed by atoms with Gasteiger partial charge in [-0.1, -0.05) is 16.8 Å². The van der Waals surface area contributed by atoms with Gasteiger partial charge >= 0.3 is 6.18 Å². The molecule has 1 N–H and O–H groups in total. The van der Waals surface area contributed by atoms with Crippen molar-refractivity contribution in [2.24, 2.45) is 0 Å². The van der Waals surface area contributed by atoms with Gasteiger partial charge in [0.15, 0.2) is 11.5 Å². The Kier molecular flexibility index (Phi) is 5.68. The predicted molar refractivity (Wildman–Crippen MR) is 93.3 cm³/mol. The van der Waals surface area contributed by atoms with Crippen LogP contribution in [0.5, 0.6) is 0 Å². The first-order chi connectivity index (χ1) is 13.3. The van der Waals surface area contributed by atoms with Crippen LogP contribution in [0.25, 0.3) is 5.69 Å². The van der Waals surface area contributed by atoms with Crippen molar-refractivity contribution in [2.75, 3.05) is 6.54 Å². The van der Waals surface area contributed by atoms with Crippen molar-refractivity contribution in [3.05, 3.63) is 58.5 Å². The van der Waals surface area contributed by atoms with E-state index in [1.165, 1.54) is 24.3 Å². The smallest absolute Gasteiger partial charge is 0.352 e. The van der Waals surface area contributed by atoms with Gasteiger partial charge in [-0.3, -0.25) is 4.79 Å². The molecule has 2 aromatic heterocycles. The highest BCUT2D eigenvalue weighted by Crippen LogP contribution is 2.33. The minimum atomic E-state index is -4.77. The first kappa shape index (κ1) is 19.9. The van der Waals surface area contributed by atoms with Crippen LogP contribution in [0.3, 0.4) is 0 Å². The Hall–Kier alpha value is -2.88. The summed E-state index contributed by atoms with van der Waals surface area (Å²) in [5.41, 5.74) is -1.57. The van der Waals surface area contributed by atoms with Crippen LogP contribution in [0.4, 0.5) is 13.2 Å². The molecule has 7 nitrogen and oxygen atoms in total. The van der Waals surface area contributed by atoms with E-state index in [2.05, 4.69) is 20.6 Å². The van der Waals surface area contributed by atoms with Gasteiger partial charge in [0, 0.05) is 18.0 Å². The lowest BCUT2D eigenvalue weighted by molar-refractivity contribution is -0.143. The van der Waals surface area contributed by atoms with E-state index in [-0.39, 0.29) is 12.2 Å². The summed E-state index contributed by atoms with van der Waals surface area (Å²) in [6.45, 7) is 1.81. The van der Waals surface area contributed by atoms with Crippen LogP contribution in [0.2, 0.25) is 5.02 Å². The normalized spacial score (nSPS) is 11.6. The zero-order valence-corrected chi connectivity index (χ0v) is 15.4. The Morgan fingerprint density at radius 3 is 2.61 bits per heavy atom. The van der Waals surface area contributed by atoms with Crippen molar-refractivity contribution >= 4 is 17.5 Å². The van der Waals surface area contributed by atoms with Gasteiger partial charge in [-0.05, 0) is 37.6 Å². The summed E-state index contributed by atoms with van der Waals surface area (Å²) in [6.07, 6.45) is -3.05. The van der Waals surface area contributed by atoms with Gasteiger partial charge in [-0.25, -0.2) is 4.68 Å². The molecule has 148 valence electrons. The first-order valence-corrected chi connectivity index (χ1v) is 8.62. The maximum atomic E-state index is 13.6. The van der Waals surface area contributed by atoms with E-state index < -0.39 is 23.3 Å². The minimum Gasteiger partial charge on any atom is -0.352 e. The van der Waals surface area contributed by atoms with Crippen molar-refractivity contribution < 1.29 is 22.5 Å². The summed E-state index contributed by atoms with van der Waals surface area (Å²) in [6, 6.07) is 5.66. The van der Waals surface area contributed by atoms with Crippen molar-refractivity contribution in [3.8, 4) is 5.69 Å². The highest BCUT2D eigenvalue weighted by molar-refractivity contribution is 6.30. The third-order valence-electron chi connectivity index (χ3n) is 3.78. The summed E-state index contributed by atoms with van der Waals surface area (Å²) < 4.78 is 46.4. The van der Waals surface area contributed by atoms with Crippen molar-refractivity contribution in [3.63, 3.8) is 0 Å². The molecule has 0 fully saturated rings. The highest BCUT2D eigenvalue weighted by Gasteiger charge is 2.40. The van der Waals surface area contributed by atoms with Crippen molar-refractivity contribution in [1.82, 2.24) is 25.2 Å². The molecular weight excluding hydrogens is 399 g/mol. The van der Waals surface area contributed by atoms with Gasteiger partial charge in [0.05, 0.1) is 17.4 Å². The zero-order chi connectivity index (χ0) is 20.3. The molecule has 0 saturated carbocycles. The second kappa shape index (κ2) is 8.01. The third-order valence-corrected chi connectivity index (χ3v) is 4.03. The quantitative estimate of drug-likeness (QED) is 0.624. The summed E-state index contributed by atoms with van der Waals surface area (Å²) in [4.78, 5) is 16.3. The highest BCUT2D eigenvalue weighted by atomic mass is 35.5. The second-order valence-electron chi connectivity index (χ2n) is 5.89. The number of alkyl halides is 3. The molecule has 2 heterocycles. The Labute approximate surface area is 162 Å². The maximum Gasteiger partial charge on any atom is 0.434 e. The molecule has 11 heteroatoms. The van der Waals surface area contributed by atoms with Crippen LogP contribution in [0.1, 0.15) is 34.2 Å². The molecule has 0 unspecified atom stereocenters. The third kappa shape index (κ3) is 4.50. The van der Waals surface area contributed by atoms with E-state index in [9.17, 15) is 18.0 Å². The lowest BCUT2D eigenvalue weighted by Crippen LogP contribution is -2.27. The van der Waals surface area contributed by atoms with E-state index in [0.29, 0.717) is 34.3 Å². The molecule has 3 rings (SSSR count). The number of benzene rings is 1. The molecule has 0 bridgehead atoms. The van der Waals surface area contributed by atoms with Gasteiger partial charge in [0.1, 0.15) is 0 Å². The van der Waals surface area contributed by atoms with Gasteiger partial charge in [0.25, 0.3) is 5.91 Å². The Balaban J connectivity index is 1.73. The van der Waals surface area contributed by atoms with Crippen molar-refractivity contribution in [1.29, 1.82) is 0 Å². The maximum absolute atomic E-state index is 13.6. The number of carbonyl (C=O) groups is 1. The van der Waals surface area contributed by atoms with Crippen LogP contribution in [0.15, 0.2) is 35.0 Å². The molecule has 0 saturated heterocycles. The number of nitrogens with zero attached hydrogens (tertiary/aromatic N) is 4. The molecule has 0 aliphatic heterocycles. The fourth-order valence-corrected chi connectivity index (χ4v) is 2.67. The number of carbonyl (C=O) groups excluding carboxylic acids is 1. The zero-order valence-electron chi connectivity index (χ0n) is 14.6. The molecule has 1 aromatic carbocycles. The molecular formula is C17H15ClF3N5O2. The number of rotatable bonds is 6. The Bertz CT molecular complexity index is 966. The average Bonchev–Trinajstić information content (AvgIpc) is 3.25. The number of nitrogens with one attached hydrogen (secondary N) is 1. The number of hydrogen-bond donors (Lipinski definition) is 1. The molecule has 0 atom stereocenters. The van der Waals surface area contributed by atoms with E-state index in [4.69, 9.17) is 16.1 Å². The first-order valence-electron chi connectivity index (χ1n) is 8.24. The topological polar surface area (TPSA) is 85.8 Å². The van der Waals surface area contributed by atoms with Crippen molar-refractivity contribution in [2.45, 2.75) is 25.9 Å². The van der Waals surface area contributed by atoms with E-state index in [0.717, 1.165) is 6.20 Å². The van der Waals surface area contributed by atoms with Crippen LogP contribution in [-0.2, 0) is 12.6 Å². The molecule has 1 amide bonds. The number of aryl methyl sites for hydroxylation is 2. The van der Waals surface area contributed by atoms with E-state index in [1.807, 2.05) is 0 Å². The molecule has 0 spiro atoms. The monoisotopic (exact) mass is 413 g/mol. The fraction of sp³-hybridized carbons (Fsp3) is 0.294. The largest absolute Gasteiger partial charge is 0.434 e. The Morgan fingerprint density at radius 2 is 2.00 bits per heavy atom. The molecule has 0 aliphatic rings. The summed E-state index contributed by atoms with van der Waals surface area (Å²) in [5, 5.41) is 10.2. The molecule has 28 heavy (non-hydrogen) atoms. The SMILES string of the molecule is Cc1noc(CCCNC(=O)c2cnn(-c3ccc(Cl)cc3)c2C(F)(F)F)n1. The Morgan fingerprint density at radius 1 is 1.29 bits per heavy atom. The predicted octanol–water partition coefficient (Wildman–Crippen LogP) is 3.60. The van der Waals surface area contributed by atoms with Gasteiger partial charge in [0.2, 0.25) is 5.89 Å². The molecule has 0 aliphatic carbocycles. The van der Waals surface area contributed by atoms with Crippen LogP contribution >= 0.6 is 11.6 Å². The fourth-order valence-electron chi connectivity index (χ4n) is 2.54. The van der Waals surface area contributed by atoms with Gasteiger partial charge in [-0.2, -0.15) is 23.3 Å². The number of amides is 1. The summed E-state index contributed by atoms with van der Waals surface area (Å²) in [5.74, 6) is 0.0241. The standard InChI is InChI=1S/C17H15ClF3N5O2/c1-10-24-14(28-25-10)3-2-8-22-16(27)13-9-23-26(15(13)17(19,20)21)12-6-4-11(18)5-7-12/h4-7,9H,2-3,8H2,1H3,(H,22,27). The molecule has 0 radical (unpaired) electrons. The van der Waals surface area contributed by atoms with Gasteiger partial charge < -0.3 is 9.84 Å². The lowest BCUT2D eigenvalue weighted by Gasteiger charge is -2.13. The van der Waals surface area contributed by atoms with Crippen LogP contribution < -0.4 is 5.32 Å². The van der Waals surface area contributed by atoms with Gasteiger partial charge in [-0.15, -0.1) is 0 Å². The number of halogens is 4. The van der Waals surface area contributed by atoms with Crippen LogP contribution in [-0.4, -0.2) is 32.4 Å². The lowest BCUT2D eigenvalue weighted by atomic mass is 10.2. The molecule has 3 aromatic rings. The summed E-state index contributed by atoms with van der Waals surface area (Å²) in [7, 11) is 0. The number of aromatic nitrogens is 4. The average molecular weight is 414 g/mol. The second-order valence-corrected chi connectivity index (χ2v) is 6.32. The van der Waals surface area contributed by atoms with E-state index in [1.54, 1.807) is 6.92 Å². The minimum absolute atomic E-state index is 0.141. The summed E-state index contributed by atoms with van der Waals surface area (Å²) >= 11 is 5.77. The van der Waals surface area contributed by atoms with E-state index >= 15 is 0 Å². The number of hydrogen-bond acceptors (Lipinski definition) is 5. The van der Waals surface area contributed by atoms with Crippen LogP contribution in [0, 0.1) is 6.92 Å².